The molecule has 2 N–H and O–H groups in total. The van der Waals surface area contributed by atoms with E-state index in [4.69, 9.17) is 5.11 Å². The Morgan fingerprint density at radius 2 is 2.23 bits per heavy atom. The maximum Gasteiger partial charge on any atom is 0.127 e. The Hall–Kier alpha value is -1.35. The van der Waals surface area contributed by atoms with Crippen molar-refractivity contribution in [3.63, 3.8) is 0 Å². The van der Waals surface area contributed by atoms with Crippen LogP contribution in [0.2, 0.25) is 0 Å². The molecule has 1 aromatic rings. The monoisotopic (exact) mass is 181 g/mol. The number of hydrogen-bond acceptors (Lipinski definition) is 2. The number of phenolic OH excluding ortho intramolecular Hbond substituents is 1. The zero-order chi connectivity index (χ0) is 9.68. The largest absolute Gasteiger partial charge is 0.508 e. The van der Waals surface area contributed by atoms with Crippen molar-refractivity contribution < 1.29 is 9.50 Å². The number of halogens is 1. The van der Waals surface area contributed by atoms with Crippen LogP contribution in [0.3, 0.4) is 0 Å². The van der Waals surface area contributed by atoms with Gasteiger partial charge >= 0.3 is 0 Å². The van der Waals surface area contributed by atoms with Crippen molar-refractivity contribution in [2.45, 2.75) is 0 Å². The second-order valence-electron chi connectivity index (χ2n) is 2.70. The van der Waals surface area contributed by atoms with Gasteiger partial charge in [0.2, 0.25) is 0 Å². The molecular formula is C10H12FNO. The molecule has 0 saturated heterocycles. The van der Waals surface area contributed by atoms with Crippen LogP contribution in [-0.4, -0.2) is 18.7 Å². The van der Waals surface area contributed by atoms with E-state index < -0.39 is 5.82 Å². The number of rotatable bonds is 3. The van der Waals surface area contributed by atoms with Gasteiger partial charge in [0.25, 0.3) is 0 Å². The second-order valence-corrected chi connectivity index (χ2v) is 2.70. The fraction of sp³-hybridized carbons (Fsp3) is 0.200. The average Bonchev–Trinajstić information content (AvgIpc) is 2.03. The quantitative estimate of drug-likeness (QED) is 0.744. The summed E-state index contributed by atoms with van der Waals surface area (Å²) in [6, 6.07) is 3.95. The average molecular weight is 181 g/mol. The zero-order valence-electron chi connectivity index (χ0n) is 7.42. The fourth-order valence-corrected chi connectivity index (χ4v) is 1.01. The molecule has 0 spiro atoms. The Morgan fingerprint density at radius 1 is 1.46 bits per heavy atom. The highest BCUT2D eigenvalue weighted by molar-refractivity contribution is 5.51. The van der Waals surface area contributed by atoms with E-state index in [1.54, 1.807) is 6.08 Å². The zero-order valence-corrected chi connectivity index (χ0v) is 7.42. The number of aromatic hydroxyl groups is 1. The van der Waals surface area contributed by atoms with Crippen molar-refractivity contribution in [3.8, 4) is 5.75 Å². The first-order chi connectivity index (χ1) is 6.22. The van der Waals surface area contributed by atoms with Gasteiger partial charge < -0.3 is 10.4 Å². The Bertz CT molecular complexity index is 290. The number of hydrogen-bond donors (Lipinski definition) is 2. The van der Waals surface area contributed by atoms with Crippen LogP contribution in [0.1, 0.15) is 5.56 Å². The Morgan fingerprint density at radius 3 is 2.85 bits per heavy atom. The fourth-order valence-electron chi connectivity index (χ4n) is 1.01. The van der Waals surface area contributed by atoms with Crippen LogP contribution >= 0.6 is 0 Å². The topological polar surface area (TPSA) is 32.3 Å². The molecule has 70 valence electrons. The number of phenols is 1. The molecule has 3 heteroatoms. The number of nitrogens with one attached hydrogen (secondary N) is 1. The van der Waals surface area contributed by atoms with Crippen molar-refractivity contribution in [2.75, 3.05) is 13.6 Å². The lowest BCUT2D eigenvalue weighted by molar-refractivity contribution is 0.469. The Balaban J connectivity index is 2.77. The van der Waals surface area contributed by atoms with Crippen LogP contribution in [0.5, 0.6) is 5.75 Å². The van der Waals surface area contributed by atoms with Crippen LogP contribution < -0.4 is 5.32 Å². The Kier molecular flexibility index (Phi) is 3.46. The minimum atomic E-state index is -0.427. The first kappa shape index (κ1) is 9.74. The number of likely N-dealkylation sites (N-methyl/N-ethyl adjacent to an activating group) is 1. The highest BCUT2D eigenvalue weighted by Gasteiger charge is 1.95. The van der Waals surface area contributed by atoms with Crippen molar-refractivity contribution in [3.05, 3.63) is 35.7 Å². The molecule has 0 aromatic heterocycles. The summed E-state index contributed by atoms with van der Waals surface area (Å²) in [5, 5.41) is 12.0. The van der Waals surface area contributed by atoms with Gasteiger partial charge in [-0.15, -0.1) is 0 Å². The molecule has 0 aliphatic heterocycles. The smallest absolute Gasteiger partial charge is 0.127 e. The normalized spacial score (nSPS) is 10.9. The molecule has 0 aliphatic carbocycles. The van der Waals surface area contributed by atoms with Gasteiger partial charge in [0.15, 0.2) is 0 Å². The molecule has 0 amide bonds. The summed E-state index contributed by atoms with van der Waals surface area (Å²) in [7, 11) is 1.83. The first-order valence-corrected chi connectivity index (χ1v) is 4.03. The highest BCUT2D eigenvalue weighted by atomic mass is 19.1. The van der Waals surface area contributed by atoms with E-state index in [0.29, 0.717) is 5.56 Å². The molecule has 0 heterocycles. The molecular weight excluding hydrogens is 169 g/mol. The maximum absolute atomic E-state index is 12.7. The van der Waals surface area contributed by atoms with Crippen molar-refractivity contribution >= 4 is 6.08 Å². The van der Waals surface area contributed by atoms with E-state index in [0.717, 1.165) is 12.6 Å². The molecule has 0 radical (unpaired) electrons. The minimum absolute atomic E-state index is 0.0518. The molecule has 0 bridgehead atoms. The highest BCUT2D eigenvalue weighted by Crippen LogP contribution is 2.15. The van der Waals surface area contributed by atoms with Gasteiger partial charge in [0.05, 0.1) is 0 Å². The first-order valence-electron chi connectivity index (χ1n) is 4.03. The second kappa shape index (κ2) is 4.62. The molecule has 0 unspecified atom stereocenters. The molecule has 0 fully saturated rings. The van der Waals surface area contributed by atoms with Crippen LogP contribution in [0.15, 0.2) is 24.3 Å². The summed E-state index contributed by atoms with van der Waals surface area (Å²) in [5.41, 5.74) is 0.660. The van der Waals surface area contributed by atoms with Crippen molar-refractivity contribution in [1.29, 1.82) is 0 Å². The lowest BCUT2D eigenvalue weighted by Gasteiger charge is -1.96. The summed E-state index contributed by atoms with van der Waals surface area (Å²) in [5.74, 6) is -0.479. The summed E-state index contributed by atoms with van der Waals surface area (Å²) in [6.45, 7) is 0.720. The van der Waals surface area contributed by atoms with E-state index in [-0.39, 0.29) is 5.75 Å². The van der Waals surface area contributed by atoms with Crippen molar-refractivity contribution in [1.82, 2.24) is 5.32 Å². The number of benzene rings is 1. The van der Waals surface area contributed by atoms with Gasteiger partial charge in [0.1, 0.15) is 11.6 Å². The summed E-state index contributed by atoms with van der Waals surface area (Å²) < 4.78 is 12.7. The third-order valence-corrected chi connectivity index (χ3v) is 1.54. The van der Waals surface area contributed by atoms with E-state index in [1.807, 2.05) is 13.1 Å². The minimum Gasteiger partial charge on any atom is -0.508 e. The summed E-state index contributed by atoms with van der Waals surface area (Å²) >= 11 is 0. The van der Waals surface area contributed by atoms with Gasteiger partial charge in [-0.2, -0.15) is 0 Å². The lowest BCUT2D eigenvalue weighted by atomic mass is 10.2. The lowest BCUT2D eigenvalue weighted by Crippen LogP contribution is -2.03. The SMILES string of the molecule is CNCC=Cc1cc(O)cc(F)c1. The standard InChI is InChI=1S/C10H12FNO/c1-12-4-2-3-8-5-9(11)7-10(13)6-8/h2-3,5-7,12-13H,4H2,1H3. The molecule has 1 rings (SSSR count). The van der Waals surface area contributed by atoms with E-state index in [2.05, 4.69) is 5.32 Å². The van der Waals surface area contributed by atoms with Gasteiger partial charge in [-0.3, -0.25) is 0 Å². The van der Waals surface area contributed by atoms with Gasteiger partial charge in [-0.05, 0) is 24.7 Å². The van der Waals surface area contributed by atoms with E-state index >= 15 is 0 Å². The van der Waals surface area contributed by atoms with E-state index in [9.17, 15) is 4.39 Å². The van der Waals surface area contributed by atoms with Crippen molar-refractivity contribution in [2.24, 2.45) is 0 Å². The molecule has 13 heavy (non-hydrogen) atoms. The van der Waals surface area contributed by atoms with Crippen LogP contribution in [-0.2, 0) is 0 Å². The Labute approximate surface area is 76.7 Å². The maximum atomic E-state index is 12.7. The molecule has 1 aromatic carbocycles. The van der Waals surface area contributed by atoms with E-state index in [1.165, 1.54) is 12.1 Å². The van der Waals surface area contributed by atoms with Gasteiger partial charge in [-0.25, -0.2) is 4.39 Å². The van der Waals surface area contributed by atoms with Crippen LogP contribution in [0, 0.1) is 5.82 Å². The van der Waals surface area contributed by atoms with Gasteiger partial charge in [0, 0.05) is 12.6 Å². The summed E-state index contributed by atoms with van der Waals surface area (Å²) in [4.78, 5) is 0. The molecule has 0 aliphatic rings. The third kappa shape index (κ3) is 3.25. The molecule has 2 nitrogen and oxygen atoms in total. The molecule has 0 saturated carbocycles. The predicted octanol–water partition coefficient (Wildman–Crippen LogP) is 1.76. The molecule has 0 atom stereocenters. The van der Waals surface area contributed by atoms with Crippen LogP contribution in [0.25, 0.3) is 6.08 Å². The predicted molar refractivity (Wildman–Crippen MR) is 51.0 cm³/mol. The summed E-state index contributed by atoms with van der Waals surface area (Å²) in [6.07, 6.45) is 3.60. The third-order valence-electron chi connectivity index (χ3n) is 1.54. The van der Waals surface area contributed by atoms with Gasteiger partial charge in [-0.1, -0.05) is 12.2 Å². The van der Waals surface area contributed by atoms with Crippen LogP contribution in [0.4, 0.5) is 4.39 Å².